The van der Waals surface area contributed by atoms with Crippen LogP contribution in [0.15, 0.2) is 22.7 Å². The molecule has 2 rings (SSSR count). The molecule has 0 fully saturated rings. The van der Waals surface area contributed by atoms with Gasteiger partial charge in [-0.2, -0.15) is 0 Å². The van der Waals surface area contributed by atoms with E-state index < -0.39 is 6.10 Å². The van der Waals surface area contributed by atoms with Crippen LogP contribution in [0.2, 0.25) is 0 Å². The fraction of sp³-hybridized carbons (Fsp3) is 0.333. The predicted octanol–water partition coefficient (Wildman–Crippen LogP) is 1.20. The standard InChI is InChI=1S/C9H10BrNO2/c10-5-1-2-6-8(3-5)13-4-7(12)9(6)11/h1-3,7,9,12H,4,11H2/t7-,9+/m1/s1. The molecule has 0 amide bonds. The largest absolute Gasteiger partial charge is 0.490 e. The van der Waals surface area contributed by atoms with Crippen LogP contribution >= 0.6 is 15.9 Å². The van der Waals surface area contributed by atoms with Gasteiger partial charge >= 0.3 is 0 Å². The number of hydrogen-bond acceptors (Lipinski definition) is 3. The highest BCUT2D eigenvalue weighted by molar-refractivity contribution is 9.10. The molecule has 13 heavy (non-hydrogen) atoms. The van der Waals surface area contributed by atoms with Crippen LogP contribution in [0.5, 0.6) is 5.75 Å². The summed E-state index contributed by atoms with van der Waals surface area (Å²) in [7, 11) is 0. The van der Waals surface area contributed by atoms with Gasteiger partial charge in [0.2, 0.25) is 0 Å². The first-order chi connectivity index (χ1) is 6.18. The lowest BCUT2D eigenvalue weighted by Gasteiger charge is -2.27. The molecular formula is C9H10BrNO2. The molecule has 0 saturated heterocycles. The second-order valence-corrected chi connectivity index (χ2v) is 4.00. The summed E-state index contributed by atoms with van der Waals surface area (Å²) in [5.41, 5.74) is 6.66. The van der Waals surface area contributed by atoms with E-state index in [-0.39, 0.29) is 12.6 Å². The normalized spacial score (nSPS) is 26.4. The maximum absolute atomic E-state index is 9.43. The third-order valence-corrected chi connectivity index (χ3v) is 2.65. The van der Waals surface area contributed by atoms with Crippen molar-refractivity contribution in [1.29, 1.82) is 0 Å². The van der Waals surface area contributed by atoms with E-state index in [1.54, 1.807) is 0 Å². The molecule has 3 N–H and O–H groups in total. The Hall–Kier alpha value is -0.580. The fourth-order valence-electron chi connectivity index (χ4n) is 1.39. The molecule has 0 bridgehead atoms. The lowest BCUT2D eigenvalue weighted by molar-refractivity contribution is 0.0678. The van der Waals surface area contributed by atoms with Crippen molar-refractivity contribution in [3.63, 3.8) is 0 Å². The number of fused-ring (bicyclic) bond motifs is 1. The van der Waals surface area contributed by atoms with E-state index >= 15 is 0 Å². The van der Waals surface area contributed by atoms with Crippen molar-refractivity contribution < 1.29 is 9.84 Å². The van der Waals surface area contributed by atoms with Crippen LogP contribution in [0, 0.1) is 0 Å². The Kier molecular flexibility index (Phi) is 2.27. The van der Waals surface area contributed by atoms with Gasteiger partial charge in [0, 0.05) is 10.0 Å². The molecule has 0 spiro atoms. The van der Waals surface area contributed by atoms with Crippen molar-refractivity contribution >= 4 is 15.9 Å². The SMILES string of the molecule is N[C@H]1c2ccc(Br)cc2OC[C@H]1O. The van der Waals surface area contributed by atoms with E-state index in [1.165, 1.54) is 0 Å². The van der Waals surface area contributed by atoms with Crippen molar-refractivity contribution in [3.8, 4) is 5.75 Å². The van der Waals surface area contributed by atoms with Gasteiger partial charge in [0.05, 0.1) is 6.04 Å². The van der Waals surface area contributed by atoms with E-state index in [0.29, 0.717) is 0 Å². The van der Waals surface area contributed by atoms with Gasteiger partial charge in [-0.15, -0.1) is 0 Å². The number of nitrogens with two attached hydrogens (primary N) is 1. The minimum absolute atomic E-state index is 0.268. The number of halogens is 1. The number of benzene rings is 1. The van der Waals surface area contributed by atoms with Crippen molar-refractivity contribution in [2.75, 3.05) is 6.61 Å². The molecule has 1 aliphatic rings. The first kappa shape index (κ1) is 8.99. The highest BCUT2D eigenvalue weighted by Crippen LogP contribution is 2.32. The summed E-state index contributed by atoms with van der Waals surface area (Å²) in [4.78, 5) is 0. The smallest absolute Gasteiger partial charge is 0.125 e. The summed E-state index contributed by atoms with van der Waals surface area (Å²) in [5.74, 6) is 0.757. The van der Waals surface area contributed by atoms with Crippen molar-refractivity contribution in [3.05, 3.63) is 28.2 Å². The van der Waals surface area contributed by atoms with Crippen molar-refractivity contribution in [2.45, 2.75) is 12.1 Å². The summed E-state index contributed by atoms with van der Waals surface area (Å²) in [6.45, 7) is 0.268. The number of aliphatic hydroxyl groups is 1. The van der Waals surface area contributed by atoms with Gasteiger partial charge in [-0.1, -0.05) is 22.0 Å². The number of hydrogen-bond donors (Lipinski definition) is 2. The second kappa shape index (κ2) is 3.29. The van der Waals surface area contributed by atoms with Crippen molar-refractivity contribution in [2.24, 2.45) is 5.73 Å². The van der Waals surface area contributed by atoms with Gasteiger partial charge in [-0.05, 0) is 12.1 Å². The predicted molar refractivity (Wildman–Crippen MR) is 52.6 cm³/mol. The molecular weight excluding hydrogens is 234 g/mol. The first-order valence-corrected chi connectivity index (χ1v) is 4.83. The third kappa shape index (κ3) is 1.57. The topological polar surface area (TPSA) is 55.5 Å². The Bertz CT molecular complexity index is 329. The molecule has 1 aromatic carbocycles. The number of aliphatic hydroxyl groups excluding tert-OH is 1. The lowest BCUT2D eigenvalue weighted by atomic mass is 9.99. The second-order valence-electron chi connectivity index (χ2n) is 3.09. The van der Waals surface area contributed by atoms with Gasteiger partial charge < -0.3 is 15.6 Å². The Morgan fingerprint density at radius 1 is 1.54 bits per heavy atom. The number of rotatable bonds is 0. The third-order valence-electron chi connectivity index (χ3n) is 2.16. The summed E-state index contributed by atoms with van der Waals surface area (Å²) < 4.78 is 6.28. The van der Waals surface area contributed by atoms with Crippen LogP contribution in [0.25, 0.3) is 0 Å². The molecule has 0 aliphatic carbocycles. The van der Waals surface area contributed by atoms with E-state index in [2.05, 4.69) is 15.9 Å². The summed E-state index contributed by atoms with van der Waals surface area (Å²) in [6.07, 6.45) is -0.603. The molecule has 1 aliphatic heterocycles. The minimum atomic E-state index is -0.603. The molecule has 0 radical (unpaired) electrons. The van der Waals surface area contributed by atoms with Gasteiger partial charge in [-0.3, -0.25) is 0 Å². The van der Waals surface area contributed by atoms with Crippen LogP contribution in [0.4, 0.5) is 0 Å². The van der Waals surface area contributed by atoms with Crippen LogP contribution < -0.4 is 10.5 Å². The van der Waals surface area contributed by atoms with Gasteiger partial charge in [0.25, 0.3) is 0 Å². The van der Waals surface area contributed by atoms with Crippen LogP contribution in [0.3, 0.4) is 0 Å². The monoisotopic (exact) mass is 243 g/mol. The summed E-state index contributed by atoms with van der Waals surface area (Å²) >= 11 is 3.34. The van der Waals surface area contributed by atoms with E-state index in [4.69, 9.17) is 10.5 Å². The molecule has 0 aromatic heterocycles. The summed E-state index contributed by atoms with van der Waals surface area (Å²) in [6, 6.07) is 5.28. The quantitative estimate of drug-likeness (QED) is 0.721. The van der Waals surface area contributed by atoms with E-state index in [1.807, 2.05) is 18.2 Å². The Morgan fingerprint density at radius 3 is 3.08 bits per heavy atom. The Balaban J connectivity index is 2.44. The summed E-state index contributed by atoms with van der Waals surface area (Å²) in [5, 5.41) is 9.43. The Morgan fingerprint density at radius 2 is 2.31 bits per heavy atom. The molecule has 0 saturated carbocycles. The van der Waals surface area contributed by atoms with Crippen LogP contribution in [0.1, 0.15) is 11.6 Å². The molecule has 0 unspecified atom stereocenters. The highest BCUT2D eigenvalue weighted by atomic mass is 79.9. The lowest BCUT2D eigenvalue weighted by Crippen LogP contribution is -2.35. The first-order valence-electron chi connectivity index (χ1n) is 4.04. The zero-order valence-corrected chi connectivity index (χ0v) is 8.49. The van der Waals surface area contributed by atoms with Crippen molar-refractivity contribution in [1.82, 2.24) is 0 Å². The Labute approximate surface area is 84.6 Å². The zero-order valence-electron chi connectivity index (χ0n) is 6.90. The van der Waals surface area contributed by atoms with E-state index in [0.717, 1.165) is 15.8 Å². The molecule has 1 heterocycles. The van der Waals surface area contributed by atoms with Crippen LogP contribution in [-0.2, 0) is 0 Å². The molecule has 3 nitrogen and oxygen atoms in total. The molecule has 4 heteroatoms. The van der Waals surface area contributed by atoms with Gasteiger partial charge in [-0.25, -0.2) is 0 Å². The molecule has 2 atom stereocenters. The minimum Gasteiger partial charge on any atom is -0.490 e. The van der Waals surface area contributed by atoms with Gasteiger partial charge in [0.15, 0.2) is 0 Å². The highest BCUT2D eigenvalue weighted by Gasteiger charge is 2.25. The maximum atomic E-state index is 9.43. The number of ether oxygens (including phenoxy) is 1. The zero-order chi connectivity index (χ0) is 9.42. The average molecular weight is 244 g/mol. The average Bonchev–Trinajstić information content (AvgIpc) is 2.12. The molecule has 1 aromatic rings. The van der Waals surface area contributed by atoms with Crippen LogP contribution in [-0.4, -0.2) is 17.8 Å². The fourth-order valence-corrected chi connectivity index (χ4v) is 1.73. The van der Waals surface area contributed by atoms with E-state index in [9.17, 15) is 5.11 Å². The van der Waals surface area contributed by atoms with Gasteiger partial charge in [0.1, 0.15) is 18.5 Å². The maximum Gasteiger partial charge on any atom is 0.125 e. The molecule has 70 valence electrons.